The van der Waals surface area contributed by atoms with Gasteiger partial charge in [0.15, 0.2) is 0 Å². The molecule has 0 atom stereocenters. The minimum atomic E-state index is -0.407. The van der Waals surface area contributed by atoms with E-state index in [4.69, 9.17) is 0 Å². The van der Waals surface area contributed by atoms with Crippen LogP contribution < -0.4 is 0 Å². The van der Waals surface area contributed by atoms with Crippen molar-refractivity contribution in [3.63, 3.8) is 0 Å². The molecule has 3 heteroatoms. The average Bonchev–Trinajstić information content (AvgIpc) is 2.33. The first-order valence-corrected chi connectivity index (χ1v) is 6.05. The molecular weight excluding hydrogens is 217 g/mol. The van der Waals surface area contributed by atoms with Gasteiger partial charge in [-0.1, -0.05) is 26.0 Å². The summed E-state index contributed by atoms with van der Waals surface area (Å²) in [5.74, 6) is -0.643. The van der Waals surface area contributed by atoms with Crippen molar-refractivity contribution in [3.05, 3.63) is 35.1 Å². The normalized spacial score (nSPS) is 10.7. The highest BCUT2D eigenvalue weighted by atomic mass is 19.1. The van der Waals surface area contributed by atoms with Crippen molar-refractivity contribution in [2.45, 2.75) is 39.7 Å². The van der Waals surface area contributed by atoms with Crippen molar-refractivity contribution in [3.8, 4) is 0 Å². The summed E-state index contributed by atoms with van der Waals surface area (Å²) >= 11 is 0. The van der Waals surface area contributed by atoms with Gasteiger partial charge in [-0.15, -0.1) is 0 Å². The van der Waals surface area contributed by atoms with Crippen molar-refractivity contribution in [2.75, 3.05) is 7.05 Å². The molecule has 17 heavy (non-hydrogen) atoms. The van der Waals surface area contributed by atoms with Gasteiger partial charge in [0.2, 0.25) is 0 Å². The standard InChI is InChI=1S/C14H20FNO/c1-5-11(6-2)16(4)14(17)12-9-7-8-10(3)13(12)15/h7-9,11H,5-6H2,1-4H3. The highest BCUT2D eigenvalue weighted by molar-refractivity contribution is 5.94. The number of halogens is 1. The summed E-state index contributed by atoms with van der Waals surface area (Å²) < 4.78 is 13.8. The Hall–Kier alpha value is -1.38. The minimum Gasteiger partial charge on any atom is -0.339 e. The van der Waals surface area contributed by atoms with E-state index in [1.54, 1.807) is 37.1 Å². The first-order valence-electron chi connectivity index (χ1n) is 6.05. The molecule has 0 aliphatic carbocycles. The smallest absolute Gasteiger partial charge is 0.256 e. The molecule has 0 N–H and O–H groups in total. The summed E-state index contributed by atoms with van der Waals surface area (Å²) in [5, 5.41) is 0. The number of nitrogens with zero attached hydrogens (tertiary/aromatic N) is 1. The lowest BCUT2D eigenvalue weighted by Gasteiger charge is -2.26. The van der Waals surface area contributed by atoms with E-state index >= 15 is 0 Å². The lowest BCUT2D eigenvalue weighted by Crippen LogP contribution is -2.36. The van der Waals surface area contributed by atoms with Gasteiger partial charge in [0.05, 0.1) is 5.56 Å². The maximum atomic E-state index is 13.8. The fraction of sp³-hybridized carbons (Fsp3) is 0.500. The molecule has 94 valence electrons. The summed E-state index contributed by atoms with van der Waals surface area (Å²) in [5.41, 5.74) is 0.674. The van der Waals surface area contributed by atoms with Crippen molar-refractivity contribution >= 4 is 5.91 Å². The number of benzene rings is 1. The highest BCUT2D eigenvalue weighted by Gasteiger charge is 2.21. The van der Waals surface area contributed by atoms with Crippen LogP contribution in [-0.2, 0) is 0 Å². The third-order valence-corrected chi connectivity index (χ3v) is 3.23. The van der Waals surface area contributed by atoms with E-state index < -0.39 is 5.82 Å². The average molecular weight is 237 g/mol. The first kappa shape index (κ1) is 13.7. The van der Waals surface area contributed by atoms with Gasteiger partial charge in [-0.05, 0) is 31.4 Å². The van der Waals surface area contributed by atoms with Crippen LogP contribution in [0.5, 0.6) is 0 Å². The summed E-state index contributed by atoms with van der Waals surface area (Å²) in [7, 11) is 1.74. The topological polar surface area (TPSA) is 20.3 Å². The molecule has 0 heterocycles. The summed E-state index contributed by atoms with van der Waals surface area (Å²) in [4.78, 5) is 13.8. The Balaban J connectivity index is 3.00. The molecule has 0 aliphatic rings. The Bertz CT molecular complexity index is 399. The quantitative estimate of drug-likeness (QED) is 0.786. The maximum absolute atomic E-state index is 13.8. The molecule has 0 fully saturated rings. The Morgan fingerprint density at radius 3 is 2.47 bits per heavy atom. The van der Waals surface area contributed by atoms with E-state index in [1.165, 1.54) is 0 Å². The van der Waals surface area contributed by atoms with Crippen LogP contribution >= 0.6 is 0 Å². The van der Waals surface area contributed by atoms with Crippen molar-refractivity contribution in [1.29, 1.82) is 0 Å². The molecule has 0 aliphatic heterocycles. The zero-order valence-corrected chi connectivity index (χ0v) is 11.0. The van der Waals surface area contributed by atoms with Gasteiger partial charge in [0.1, 0.15) is 5.82 Å². The second-order valence-electron chi connectivity index (χ2n) is 4.32. The number of amides is 1. The fourth-order valence-corrected chi connectivity index (χ4v) is 2.00. The summed E-state index contributed by atoms with van der Waals surface area (Å²) in [6.07, 6.45) is 1.76. The van der Waals surface area contributed by atoms with Crippen LogP contribution in [0.15, 0.2) is 18.2 Å². The van der Waals surface area contributed by atoms with Crippen molar-refractivity contribution in [2.24, 2.45) is 0 Å². The number of hydrogen-bond donors (Lipinski definition) is 0. The van der Waals surface area contributed by atoms with E-state index in [0.29, 0.717) is 5.56 Å². The van der Waals surface area contributed by atoms with E-state index in [2.05, 4.69) is 0 Å². The van der Waals surface area contributed by atoms with E-state index in [9.17, 15) is 9.18 Å². The number of aryl methyl sites for hydroxylation is 1. The number of carbonyl (C=O) groups is 1. The van der Waals surface area contributed by atoms with E-state index in [1.807, 2.05) is 13.8 Å². The largest absolute Gasteiger partial charge is 0.339 e. The second kappa shape index (κ2) is 5.80. The Morgan fingerprint density at radius 1 is 1.35 bits per heavy atom. The van der Waals surface area contributed by atoms with Gasteiger partial charge < -0.3 is 4.90 Å². The lowest BCUT2D eigenvalue weighted by molar-refractivity contribution is 0.0718. The van der Waals surface area contributed by atoms with Crippen LogP contribution in [0.3, 0.4) is 0 Å². The third-order valence-electron chi connectivity index (χ3n) is 3.23. The van der Waals surface area contributed by atoms with Gasteiger partial charge in [0.25, 0.3) is 5.91 Å². The Kier molecular flexibility index (Phi) is 4.67. The fourth-order valence-electron chi connectivity index (χ4n) is 2.00. The lowest BCUT2D eigenvalue weighted by atomic mass is 10.1. The predicted octanol–water partition coefficient (Wildman–Crippen LogP) is 3.39. The van der Waals surface area contributed by atoms with Gasteiger partial charge in [-0.2, -0.15) is 0 Å². The molecule has 0 radical (unpaired) electrons. The van der Waals surface area contributed by atoms with Crippen LogP contribution in [0.25, 0.3) is 0 Å². The number of rotatable bonds is 4. The Morgan fingerprint density at radius 2 is 1.94 bits per heavy atom. The molecule has 0 saturated heterocycles. The summed E-state index contributed by atoms with van der Waals surface area (Å²) in [6.45, 7) is 5.73. The molecule has 2 nitrogen and oxygen atoms in total. The van der Waals surface area contributed by atoms with Crippen molar-refractivity contribution < 1.29 is 9.18 Å². The zero-order chi connectivity index (χ0) is 13.0. The second-order valence-corrected chi connectivity index (χ2v) is 4.32. The van der Waals surface area contributed by atoms with E-state index in [-0.39, 0.29) is 17.5 Å². The zero-order valence-electron chi connectivity index (χ0n) is 11.0. The molecule has 0 spiro atoms. The molecule has 0 aromatic heterocycles. The Labute approximate surface area is 102 Å². The van der Waals surface area contributed by atoms with Gasteiger partial charge in [0, 0.05) is 13.1 Å². The summed E-state index contributed by atoms with van der Waals surface area (Å²) in [6, 6.07) is 5.10. The predicted molar refractivity (Wildman–Crippen MR) is 67.6 cm³/mol. The molecule has 0 unspecified atom stereocenters. The van der Waals surface area contributed by atoms with Gasteiger partial charge in [-0.3, -0.25) is 4.79 Å². The van der Waals surface area contributed by atoms with Crippen LogP contribution in [0.1, 0.15) is 42.6 Å². The number of hydrogen-bond acceptors (Lipinski definition) is 1. The van der Waals surface area contributed by atoms with Gasteiger partial charge >= 0.3 is 0 Å². The van der Waals surface area contributed by atoms with E-state index in [0.717, 1.165) is 12.8 Å². The van der Waals surface area contributed by atoms with Gasteiger partial charge in [-0.25, -0.2) is 4.39 Å². The van der Waals surface area contributed by atoms with Crippen LogP contribution in [0.2, 0.25) is 0 Å². The minimum absolute atomic E-state index is 0.166. The molecule has 1 aromatic rings. The first-order chi connectivity index (χ1) is 8.02. The molecule has 0 saturated carbocycles. The third kappa shape index (κ3) is 2.84. The molecule has 0 bridgehead atoms. The molecule has 1 amide bonds. The number of carbonyl (C=O) groups excluding carboxylic acids is 1. The monoisotopic (exact) mass is 237 g/mol. The van der Waals surface area contributed by atoms with Crippen molar-refractivity contribution in [1.82, 2.24) is 4.90 Å². The van der Waals surface area contributed by atoms with Crippen LogP contribution in [0, 0.1) is 12.7 Å². The van der Waals surface area contributed by atoms with Crippen LogP contribution in [0.4, 0.5) is 4.39 Å². The maximum Gasteiger partial charge on any atom is 0.256 e. The molecular formula is C14H20FNO. The van der Waals surface area contributed by atoms with Crippen LogP contribution in [-0.4, -0.2) is 23.9 Å². The SMILES string of the molecule is CCC(CC)N(C)C(=O)c1cccc(C)c1F. The molecule has 1 rings (SSSR count). The molecule has 1 aromatic carbocycles. The highest BCUT2D eigenvalue weighted by Crippen LogP contribution is 2.16.